The number of nitriles is 1. The molecule has 118 valence electrons. The minimum absolute atomic E-state index is 0.0359. The number of ketones is 1. The third-order valence-corrected chi connectivity index (χ3v) is 3.88. The first-order valence-corrected chi connectivity index (χ1v) is 7.55. The smallest absolute Gasteiger partial charge is 0.214 e. The number of hydrogen-bond acceptors (Lipinski definition) is 4. The Morgan fingerprint density at radius 3 is 2.38 bits per heavy atom. The molecule has 3 rings (SSSR count). The number of carbonyl (C=O) groups excluding carboxylic acids is 1. The zero-order chi connectivity index (χ0) is 17.3. The average molecular weight is 337 g/mol. The maximum atomic E-state index is 12.7. The van der Waals surface area contributed by atoms with Crippen LogP contribution in [0.4, 0.5) is 5.82 Å². The normalized spacial score (nSPS) is 10.4. The standard InChI is InChI=1S/C18H13ClN4O/c1-11-2-4-12(5-3-11)17(24)16-15(10-20)18(21)23(22-16)14-8-6-13(19)7-9-14/h2-9H,21H2,1H3. The second-order valence-electron chi connectivity index (χ2n) is 5.30. The maximum absolute atomic E-state index is 12.7. The van der Waals surface area contributed by atoms with Crippen LogP contribution in [0.2, 0.25) is 5.02 Å². The van der Waals surface area contributed by atoms with E-state index in [4.69, 9.17) is 17.3 Å². The van der Waals surface area contributed by atoms with Crippen molar-refractivity contribution in [3.63, 3.8) is 0 Å². The second-order valence-corrected chi connectivity index (χ2v) is 5.74. The Morgan fingerprint density at radius 1 is 1.17 bits per heavy atom. The molecular formula is C18H13ClN4O. The highest BCUT2D eigenvalue weighted by Gasteiger charge is 2.23. The molecule has 0 radical (unpaired) electrons. The number of nitrogens with zero attached hydrogens (tertiary/aromatic N) is 3. The number of nitrogens with two attached hydrogens (primary N) is 1. The Labute approximate surface area is 143 Å². The monoisotopic (exact) mass is 336 g/mol. The number of carbonyl (C=O) groups is 1. The summed E-state index contributed by atoms with van der Waals surface area (Å²) in [6.07, 6.45) is 0. The van der Waals surface area contributed by atoms with E-state index in [1.807, 2.05) is 25.1 Å². The molecule has 1 aromatic heterocycles. The third-order valence-electron chi connectivity index (χ3n) is 3.63. The van der Waals surface area contributed by atoms with E-state index >= 15 is 0 Å². The van der Waals surface area contributed by atoms with E-state index in [1.165, 1.54) is 4.68 Å². The quantitative estimate of drug-likeness (QED) is 0.741. The average Bonchev–Trinajstić information content (AvgIpc) is 2.92. The number of aryl methyl sites for hydroxylation is 1. The highest BCUT2D eigenvalue weighted by atomic mass is 35.5. The largest absolute Gasteiger partial charge is 0.382 e. The highest BCUT2D eigenvalue weighted by molar-refractivity contribution is 6.30. The van der Waals surface area contributed by atoms with Crippen LogP contribution in [0.1, 0.15) is 27.2 Å². The lowest BCUT2D eigenvalue weighted by Gasteiger charge is -2.03. The van der Waals surface area contributed by atoms with Crippen molar-refractivity contribution in [3.8, 4) is 11.8 Å². The Kier molecular flexibility index (Phi) is 4.07. The number of halogens is 1. The van der Waals surface area contributed by atoms with Gasteiger partial charge in [0, 0.05) is 10.6 Å². The second kappa shape index (κ2) is 6.19. The first-order valence-electron chi connectivity index (χ1n) is 7.17. The van der Waals surface area contributed by atoms with Crippen molar-refractivity contribution in [1.82, 2.24) is 9.78 Å². The number of nitrogen functional groups attached to an aromatic ring is 1. The van der Waals surface area contributed by atoms with Gasteiger partial charge in [-0.2, -0.15) is 10.4 Å². The van der Waals surface area contributed by atoms with Crippen LogP contribution in [-0.4, -0.2) is 15.6 Å². The molecule has 0 spiro atoms. The molecular weight excluding hydrogens is 324 g/mol. The van der Waals surface area contributed by atoms with Gasteiger partial charge < -0.3 is 5.73 Å². The first-order chi connectivity index (χ1) is 11.5. The fourth-order valence-electron chi connectivity index (χ4n) is 2.32. The Hall–Kier alpha value is -3.10. The van der Waals surface area contributed by atoms with Gasteiger partial charge in [0.2, 0.25) is 5.78 Å². The van der Waals surface area contributed by atoms with E-state index in [0.29, 0.717) is 16.3 Å². The Morgan fingerprint density at radius 2 is 1.79 bits per heavy atom. The zero-order valence-electron chi connectivity index (χ0n) is 12.8. The number of rotatable bonds is 3. The van der Waals surface area contributed by atoms with E-state index < -0.39 is 0 Å². The molecule has 0 aliphatic heterocycles. The predicted molar refractivity (Wildman–Crippen MR) is 92.3 cm³/mol. The molecule has 3 aromatic rings. The summed E-state index contributed by atoms with van der Waals surface area (Å²) in [6.45, 7) is 1.93. The molecule has 0 aliphatic rings. The summed E-state index contributed by atoms with van der Waals surface area (Å²) in [5.41, 5.74) is 8.24. The lowest BCUT2D eigenvalue weighted by molar-refractivity contribution is 0.103. The molecule has 0 fully saturated rings. The number of aromatic nitrogens is 2. The van der Waals surface area contributed by atoms with Crippen molar-refractivity contribution in [2.24, 2.45) is 0 Å². The minimum atomic E-state index is -0.342. The molecule has 2 N–H and O–H groups in total. The van der Waals surface area contributed by atoms with E-state index in [1.54, 1.807) is 36.4 Å². The lowest BCUT2D eigenvalue weighted by Crippen LogP contribution is -2.05. The summed E-state index contributed by atoms with van der Waals surface area (Å²) in [6, 6.07) is 15.8. The van der Waals surface area contributed by atoms with Crippen molar-refractivity contribution in [2.45, 2.75) is 6.92 Å². The maximum Gasteiger partial charge on any atom is 0.214 e. The summed E-state index contributed by atoms with van der Waals surface area (Å²) in [5.74, 6) is -0.221. The molecule has 0 bridgehead atoms. The molecule has 24 heavy (non-hydrogen) atoms. The summed E-state index contributed by atoms with van der Waals surface area (Å²) in [5, 5.41) is 14.2. The molecule has 5 nitrogen and oxygen atoms in total. The zero-order valence-corrected chi connectivity index (χ0v) is 13.6. The molecule has 0 atom stereocenters. The van der Waals surface area contributed by atoms with Crippen molar-refractivity contribution in [2.75, 3.05) is 5.73 Å². The summed E-state index contributed by atoms with van der Waals surface area (Å²) in [4.78, 5) is 12.7. The molecule has 0 unspecified atom stereocenters. The van der Waals surface area contributed by atoms with E-state index in [0.717, 1.165) is 5.56 Å². The van der Waals surface area contributed by atoms with Gasteiger partial charge in [-0.15, -0.1) is 0 Å². The van der Waals surface area contributed by atoms with Gasteiger partial charge in [-0.25, -0.2) is 4.68 Å². The van der Waals surface area contributed by atoms with Crippen molar-refractivity contribution >= 4 is 23.2 Å². The minimum Gasteiger partial charge on any atom is -0.382 e. The molecule has 0 saturated carbocycles. The van der Waals surface area contributed by atoms with Crippen LogP contribution in [0.25, 0.3) is 5.69 Å². The van der Waals surface area contributed by atoms with Crippen LogP contribution in [0.5, 0.6) is 0 Å². The van der Waals surface area contributed by atoms with Crippen molar-refractivity contribution < 1.29 is 4.79 Å². The van der Waals surface area contributed by atoms with Gasteiger partial charge in [0.1, 0.15) is 17.5 Å². The number of anilines is 1. The van der Waals surface area contributed by atoms with Gasteiger partial charge in [0.05, 0.1) is 5.69 Å². The van der Waals surface area contributed by atoms with Crippen LogP contribution in [0.15, 0.2) is 48.5 Å². The lowest BCUT2D eigenvalue weighted by atomic mass is 10.0. The number of benzene rings is 2. The predicted octanol–water partition coefficient (Wildman–Crippen LogP) is 3.52. The summed E-state index contributed by atoms with van der Waals surface area (Å²) in [7, 11) is 0. The van der Waals surface area contributed by atoms with Gasteiger partial charge in [-0.1, -0.05) is 41.4 Å². The number of hydrogen-bond donors (Lipinski definition) is 1. The molecule has 6 heteroatoms. The van der Waals surface area contributed by atoms with E-state index in [9.17, 15) is 10.1 Å². The molecule has 0 aliphatic carbocycles. The Balaban J connectivity index is 2.10. The fraction of sp³-hybridized carbons (Fsp3) is 0.0556. The van der Waals surface area contributed by atoms with Crippen molar-refractivity contribution in [3.05, 3.63) is 75.9 Å². The molecule has 1 heterocycles. The SMILES string of the molecule is Cc1ccc(C(=O)c2nn(-c3ccc(Cl)cc3)c(N)c2C#N)cc1. The van der Waals surface area contributed by atoms with Crippen molar-refractivity contribution in [1.29, 1.82) is 5.26 Å². The van der Waals surface area contributed by atoms with Crippen LogP contribution >= 0.6 is 11.6 Å². The van der Waals surface area contributed by atoms with Crippen LogP contribution in [0, 0.1) is 18.3 Å². The van der Waals surface area contributed by atoms with Crippen LogP contribution in [-0.2, 0) is 0 Å². The van der Waals surface area contributed by atoms with Crippen LogP contribution in [0.3, 0.4) is 0 Å². The van der Waals surface area contributed by atoms with E-state index in [-0.39, 0.29) is 22.9 Å². The molecule has 0 amide bonds. The summed E-state index contributed by atoms with van der Waals surface area (Å²) >= 11 is 5.88. The fourth-order valence-corrected chi connectivity index (χ4v) is 2.45. The third kappa shape index (κ3) is 2.75. The van der Waals surface area contributed by atoms with Gasteiger partial charge >= 0.3 is 0 Å². The highest BCUT2D eigenvalue weighted by Crippen LogP contribution is 2.23. The van der Waals surface area contributed by atoms with Gasteiger partial charge in [-0.3, -0.25) is 4.79 Å². The first kappa shape index (κ1) is 15.8. The van der Waals surface area contributed by atoms with E-state index in [2.05, 4.69) is 5.10 Å². The van der Waals surface area contributed by atoms with Gasteiger partial charge in [0.15, 0.2) is 5.69 Å². The summed E-state index contributed by atoms with van der Waals surface area (Å²) < 4.78 is 1.37. The van der Waals surface area contributed by atoms with Crippen LogP contribution < -0.4 is 5.73 Å². The Bertz CT molecular complexity index is 950. The topological polar surface area (TPSA) is 84.7 Å². The van der Waals surface area contributed by atoms with Gasteiger partial charge in [0.25, 0.3) is 0 Å². The molecule has 0 saturated heterocycles. The van der Waals surface area contributed by atoms with Gasteiger partial charge in [-0.05, 0) is 31.2 Å². The molecule has 2 aromatic carbocycles.